The molecule has 0 spiro atoms. The van der Waals surface area contributed by atoms with Crippen LogP contribution in [0.3, 0.4) is 0 Å². The highest BCUT2D eigenvalue weighted by atomic mass is 28.4. The fraction of sp³-hybridized carbons (Fsp3) is 0.667. The summed E-state index contributed by atoms with van der Waals surface area (Å²) in [5.41, 5.74) is 2.08. The molecule has 3 rings (SSSR count). The van der Waals surface area contributed by atoms with Crippen molar-refractivity contribution in [2.75, 3.05) is 20.3 Å². The van der Waals surface area contributed by atoms with Crippen LogP contribution in [-0.4, -0.2) is 44.2 Å². The number of ether oxygens (including phenoxy) is 2. The standard InChI is InChI=1S/C24H38N2O4Si/c1-24(2,3)31(5,6)30-14-13-29-20-15-22-21(25-16-20)11-12-26(22)17-18-7-9-19(10-8-18)23(27)28-4/h11-12,15-16,18-19H,7-10,13-14,17H2,1-6H3/t18-,19-. The van der Waals surface area contributed by atoms with Gasteiger partial charge in [0, 0.05) is 18.8 Å². The summed E-state index contributed by atoms with van der Waals surface area (Å²) in [6, 6.07) is 4.13. The van der Waals surface area contributed by atoms with Gasteiger partial charge in [0.1, 0.15) is 12.4 Å². The molecular formula is C24H38N2O4Si. The third-order valence-electron chi connectivity index (χ3n) is 7.05. The molecule has 31 heavy (non-hydrogen) atoms. The van der Waals surface area contributed by atoms with E-state index in [-0.39, 0.29) is 16.9 Å². The van der Waals surface area contributed by atoms with E-state index in [2.05, 4.69) is 61.7 Å². The number of pyridine rings is 1. The molecule has 2 aromatic rings. The van der Waals surface area contributed by atoms with E-state index in [1.165, 1.54) is 7.11 Å². The summed E-state index contributed by atoms with van der Waals surface area (Å²) in [7, 11) is -0.275. The van der Waals surface area contributed by atoms with Crippen LogP contribution in [0.5, 0.6) is 5.75 Å². The summed E-state index contributed by atoms with van der Waals surface area (Å²) in [6.45, 7) is 13.3. The lowest BCUT2D eigenvalue weighted by molar-refractivity contribution is -0.146. The van der Waals surface area contributed by atoms with Crippen molar-refractivity contribution in [1.29, 1.82) is 0 Å². The fourth-order valence-corrected chi connectivity index (χ4v) is 5.01. The molecule has 0 amide bonds. The van der Waals surface area contributed by atoms with Gasteiger partial charge in [-0.3, -0.25) is 9.78 Å². The van der Waals surface area contributed by atoms with Gasteiger partial charge in [-0.25, -0.2) is 0 Å². The minimum absolute atomic E-state index is 0.0617. The van der Waals surface area contributed by atoms with Gasteiger partial charge in [-0.1, -0.05) is 20.8 Å². The minimum atomic E-state index is -1.75. The van der Waals surface area contributed by atoms with Gasteiger partial charge in [0.2, 0.25) is 0 Å². The molecule has 1 saturated carbocycles. The largest absolute Gasteiger partial charge is 0.490 e. The maximum Gasteiger partial charge on any atom is 0.308 e. The highest BCUT2D eigenvalue weighted by molar-refractivity contribution is 6.74. The van der Waals surface area contributed by atoms with E-state index < -0.39 is 8.32 Å². The highest BCUT2D eigenvalue weighted by Crippen LogP contribution is 2.36. The number of methoxy groups -OCH3 is 1. The summed E-state index contributed by atoms with van der Waals surface area (Å²) in [6.07, 6.45) is 7.82. The zero-order valence-electron chi connectivity index (χ0n) is 19.9. The lowest BCUT2D eigenvalue weighted by Crippen LogP contribution is -2.41. The molecule has 1 aliphatic rings. The molecule has 6 nitrogen and oxygen atoms in total. The van der Waals surface area contributed by atoms with Gasteiger partial charge in [0.15, 0.2) is 8.32 Å². The zero-order valence-corrected chi connectivity index (χ0v) is 20.9. The number of aromatic nitrogens is 2. The number of rotatable bonds is 8. The second-order valence-corrected chi connectivity index (χ2v) is 15.1. The number of hydrogen-bond acceptors (Lipinski definition) is 5. The Bertz CT molecular complexity index is 879. The Morgan fingerprint density at radius 3 is 2.55 bits per heavy atom. The monoisotopic (exact) mass is 446 g/mol. The van der Waals surface area contributed by atoms with Crippen LogP contribution in [0, 0.1) is 11.8 Å². The van der Waals surface area contributed by atoms with E-state index in [1.54, 1.807) is 6.20 Å². The van der Waals surface area contributed by atoms with E-state index in [1.807, 2.05) is 0 Å². The maximum atomic E-state index is 11.8. The molecule has 0 aliphatic heterocycles. The summed E-state index contributed by atoms with van der Waals surface area (Å²) in [5.74, 6) is 1.35. The van der Waals surface area contributed by atoms with E-state index in [0.29, 0.717) is 19.1 Å². The Kier molecular flexibility index (Phi) is 7.47. The van der Waals surface area contributed by atoms with Crippen LogP contribution in [0.2, 0.25) is 18.1 Å². The van der Waals surface area contributed by atoms with E-state index in [4.69, 9.17) is 13.9 Å². The van der Waals surface area contributed by atoms with Crippen LogP contribution in [0.4, 0.5) is 0 Å². The number of esters is 1. The number of nitrogens with zero attached hydrogens (tertiary/aromatic N) is 2. The van der Waals surface area contributed by atoms with Crippen molar-refractivity contribution < 1.29 is 18.7 Å². The van der Waals surface area contributed by atoms with Gasteiger partial charge in [-0.2, -0.15) is 0 Å². The molecule has 0 atom stereocenters. The van der Waals surface area contributed by atoms with Crippen LogP contribution in [0.15, 0.2) is 24.5 Å². The van der Waals surface area contributed by atoms with Crippen LogP contribution >= 0.6 is 0 Å². The molecule has 0 unspecified atom stereocenters. The van der Waals surface area contributed by atoms with Gasteiger partial charge in [-0.15, -0.1) is 0 Å². The zero-order chi connectivity index (χ0) is 22.6. The molecule has 1 fully saturated rings. The van der Waals surface area contributed by atoms with Crippen LogP contribution in [0.1, 0.15) is 46.5 Å². The lowest BCUT2D eigenvalue weighted by atomic mass is 9.82. The first-order valence-electron chi connectivity index (χ1n) is 11.4. The average Bonchev–Trinajstić information content (AvgIpc) is 3.12. The average molecular weight is 447 g/mol. The molecule has 0 N–H and O–H groups in total. The van der Waals surface area contributed by atoms with Crippen molar-refractivity contribution in [2.45, 2.75) is 71.1 Å². The molecule has 2 aromatic heterocycles. The van der Waals surface area contributed by atoms with Crippen molar-refractivity contribution in [3.63, 3.8) is 0 Å². The molecule has 0 aromatic carbocycles. The maximum absolute atomic E-state index is 11.8. The minimum Gasteiger partial charge on any atom is -0.490 e. The Balaban J connectivity index is 1.56. The molecule has 172 valence electrons. The highest BCUT2D eigenvalue weighted by Gasteiger charge is 2.36. The molecular weight excluding hydrogens is 408 g/mol. The van der Waals surface area contributed by atoms with Crippen LogP contribution in [0.25, 0.3) is 11.0 Å². The van der Waals surface area contributed by atoms with Crippen molar-refractivity contribution >= 4 is 25.3 Å². The fourth-order valence-electron chi connectivity index (χ4n) is 3.98. The van der Waals surface area contributed by atoms with Crippen molar-refractivity contribution in [3.8, 4) is 5.75 Å². The quantitative estimate of drug-likeness (QED) is 0.308. The summed E-state index contributed by atoms with van der Waals surface area (Å²) >= 11 is 0. The predicted octanol–water partition coefficient (Wildman–Crippen LogP) is 5.42. The topological polar surface area (TPSA) is 62.6 Å². The Morgan fingerprint density at radius 2 is 1.90 bits per heavy atom. The Hall–Kier alpha value is -1.86. The van der Waals surface area contributed by atoms with Gasteiger partial charge in [0.05, 0.1) is 36.9 Å². The van der Waals surface area contributed by atoms with Crippen molar-refractivity contribution in [3.05, 3.63) is 24.5 Å². The molecule has 0 radical (unpaired) electrons. The first-order valence-corrected chi connectivity index (χ1v) is 14.3. The van der Waals surface area contributed by atoms with Gasteiger partial charge in [-0.05, 0) is 55.8 Å². The summed E-state index contributed by atoms with van der Waals surface area (Å²) in [4.78, 5) is 16.3. The Morgan fingerprint density at radius 1 is 1.19 bits per heavy atom. The molecule has 0 saturated heterocycles. The smallest absolute Gasteiger partial charge is 0.308 e. The van der Waals surface area contributed by atoms with E-state index in [9.17, 15) is 4.79 Å². The van der Waals surface area contributed by atoms with Gasteiger partial charge in [0.25, 0.3) is 0 Å². The van der Waals surface area contributed by atoms with Crippen molar-refractivity contribution in [1.82, 2.24) is 9.55 Å². The third-order valence-corrected chi connectivity index (χ3v) is 11.6. The third kappa shape index (κ3) is 5.89. The number of fused-ring (bicyclic) bond motifs is 1. The lowest BCUT2D eigenvalue weighted by Gasteiger charge is -2.36. The van der Waals surface area contributed by atoms with E-state index >= 15 is 0 Å². The Labute approximate surface area is 187 Å². The van der Waals surface area contributed by atoms with Gasteiger partial charge < -0.3 is 18.5 Å². The van der Waals surface area contributed by atoms with Crippen LogP contribution in [-0.2, 0) is 20.5 Å². The number of hydrogen-bond donors (Lipinski definition) is 0. The first kappa shape index (κ1) is 23.8. The van der Waals surface area contributed by atoms with E-state index in [0.717, 1.165) is 49.0 Å². The van der Waals surface area contributed by atoms with Gasteiger partial charge >= 0.3 is 5.97 Å². The number of carbonyl (C=O) groups is 1. The second kappa shape index (κ2) is 9.73. The molecule has 1 aliphatic carbocycles. The summed E-state index contributed by atoms with van der Waals surface area (Å²) in [5, 5.41) is 0.199. The first-order chi connectivity index (χ1) is 14.6. The summed E-state index contributed by atoms with van der Waals surface area (Å²) < 4.78 is 19.3. The van der Waals surface area contributed by atoms with Crippen molar-refractivity contribution in [2.24, 2.45) is 11.8 Å². The number of carbonyl (C=O) groups excluding carboxylic acids is 1. The SMILES string of the molecule is COC(=O)[C@H]1CC[C@H](Cn2ccc3ncc(OCCO[Si](C)(C)C(C)(C)C)cc32)CC1. The second-order valence-electron chi connectivity index (χ2n) is 10.2. The molecule has 7 heteroatoms. The normalized spacial score (nSPS) is 20.1. The molecule has 0 bridgehead atoms. The predicted molar refractivity (Wildman–Crippen MR) is 126 cm³/mol. The molecule has 2 heterocycles. The van der Waals surface area contributed by atoms with Crippen LogP contribution < -0.4 is 4.74 Å².